The van der Waals surface area contributed by atoms with Gasteiger partial charge in [-0.15, -0.1) is 0 Å². The van der Waals surface area contributed by atoms with Gasteiger partial charge in [-0.25, -0.2) is 9.59 Å². The zero-order chi connectivity index (χ0) is 17.6. The van der Waals surface area contributed by atoms with Gasteiger partial charge in [-0.05, 0) is 19.9 Å². The van der Waals surface area contributed by atoms with Crippen LogP contribution in [0.25, 0.3) is 0 Å². The van der Waals surface area contributed by atoms with Gasteiger partial charge in [0.1, 0.15) is 5.92 Å². The van der Waals surface area contributed by atoms with Gasteiger partial charge in [-0.3, -0.25) is 4.79 Å². The molecule has 0 saturated carbocycles. The number of fused-ring (bicyclic) bond motifs is 3. The van der Waals surface area contributed by atoms with Crippen molar-refractivity contribution in [2.75, 3.05) is 7.05 Å². The third-order valence-corrected chi connectivity index (χ3v) is 4.94. The lowest BCUT2D eigenvalue weighted by Gasteiger charge is -2.37. The van der Waals surface area contributed by atoms with Crippen LogP contribution in [0.1, 0.15) is 20.8 Å². The van der Waals surface area contributed by atoms with Crippen LogP contribution >= 0.6 is 0 Å². The van der Waals surface area contributed by atoms with Gasteiger partial charge in [-0.1, -0.05) is 28.4 Å². The van der Waals surface area contributed by atoms with Crippen LogP contribution < -0.4 is 5.32 Å². The lowest BCUT2D eigenvalue weighted by molar-refractivity contribution is -0.392. The molecule has 124 valence electrons. The number of allylic oxidation sites excluding steroid dienone is 7. The van der Waals surface area contributed by atoms with Crippen molar-refractivity contribution < 1.29 is 19.0 Å². The summed E-state index contributed by atoms with van der Waals surface area (Å²) in [6, 6.07) is 0. The maximum Gasteiger partial charge on any atom is 0.404 e. The van der Waals surface area contributed by atoms with Gasteiger partial charge in [0.05, 0.1) is 12.8 Å². The van der Waals surface area contributed by atoms with Crippen molar-refractivity contribution in [2.45, 2.75) is 20.8 Å². The molecular formula is C19H21N2O3+. The van der Waals surface area contributed by atoms with Crippen LogP contribution in [-0.4, -0.2) is 34.9 Å². The number of nitrogens with one attached hydrogen (secondary N) is 1. The first-order chi connectivity index (χ1) is 11.4. The Morgan fingerprint density at radius 1 is 1.17 bits per heavy atom. The number of nitrogens with zero attached hydrogens (tertiary/aromatic N) is 1. The fraction of sp³-hybridized carbons (Fsp3) is 0.368. The van der Waals surface area contributed by atoms with E-state index in [1.165, 1.54) is 18.4 Å². The Balaban J connectivity index is 2.28. The minimum atomic E-state index is -0.549. The number of imide groups is 1. The number of hydrogen-bond donors (Lipinski definition) is 1. The maximum atomic E-state index is 13.1. The second kappa shape index (κ2) is 5.82. The van der Waals surface area contributed by atoms with Crippen molar-refractivity contribution in [3.63, 3.8) is 0 Å². The molecular weight excluding hydrogens is 304 g/mol. The highest BCUT2D eigenvalue weighted by molar-refractivity contribution is 6.08. The summed E-state index contributed by atoms with van der Waals surface area (Å²) in [4.78, 5) is 37.4. The Morgan fingerprint density at radius 2 is 1.88 bits per heavy atom. The van der Waals surface area contributed by atoms with Crippen molar-refractivity contribution in [1.29, 1.82) is 0 Å². The molecule has 2 aliphatic carbocycles. The summed E-state index contributed by atoms with van der Waals surface area (Å²) in [6.07, 6.45) is 9.33. The predicted molar refractivity (Wildman–Crippen MR) is 90.2 cm³/mol. The molecule has 0 aromatic carbocycles. The fourth-order valence-electron chi connectivity index (χ4n) is 3.91. The van der Waals surface area contributed by atoms with E-state index >= 15 is 0 Å². The molecule has 5 nitrogen and oxygen atoms in total. The van der Waals surface area contributed by atoms with Crippen molar-refractivity contribution in [1.82, 2.24) is 5.32 Å². The Labute approximate surface area is 141 Å². The van der Waals surface area contributed by atoms with E-state index in [0.717, 1.165) is 11.3 Å². The first-order valence-electron chi connectivity index (χ1n) is 8.05. The number of ketones is 1. The molecule has 0 aromatic rings. The average Bonchev–Trinajstić information content (AvgIpc) is 2.53. The van der Waals surface area contributed by atoms with E-state index in [1.54, 1.807) is 19.2 Å². The van der Waals surface area contributed by atoms with Gasteiger partial charge in [0.2, 0.25) is 5.71 Å². The van der Waals surface area contributed by atoms with Crippen LogP contribution in [-0.2, 0) is 14.4 Å². The predicted octanol–water partition coefficient (Wildman–Crippen LogP) is 1.52. The van der Waals surface area contributed by atoms with Crippen LogP contribution in [0, 0.1) is 17.8 Å². The third kappa shape index (κ3) is 2.31. The normalized spacial score (nSPS) is 28.4. The van der Waals surface area contributed by atoms with Crippen molar-refractivity contribution in [2.24, 2.45) is 17.8 Å². The Hall–Kier alpha value is -2.56. The molecule has 3 aliphatic rings. The summed E-state index contributed by atoms with van der Waals surface area (Å²) >= 11 is 0. The standard InChI is InChI=1S/C19H20N2O3/c1-10-5-8-16-14(9-10)17-13(11(2)22)6-7-15(20-4)18(17)19(24)21(16)12(3)23/h5-9,14,17-18H,1-4H3/p+1. The van der Waals surface area contributed by atoms with E-state index in [2.05, 4.69) is 5.32 Å². The van der Waals surface area contributed by atoms with Crippen molar-refractivity contribution >= 4 is 23.3 Å². The molecule has 3 atom stereocenters. The number of rotatable bonds is 2. The molecule has 3 unspecified atom stereocenters. The van der Waals surface area contributed by atoms with Crippen molar-refractivity contribution in [3.8, 4) is 0 Å². The summed E-state index contributed by atoms with van der Waals surface area (Å²) in [5, 5.41) is 3.06. The van der Waals surface area contributed by atoms with Crippen LogP contribution in [0.4, 0.5) is 0 Å². The summed E-state index contributed by atoms with van der Waals surface area (Å²) in [5.74, 6) is -1.62. The maximum absolute atomic E-state index is 13.1. The van der Waals surface area contributed by atoms with Gasteiger partial charge in [-0.2, -0.15) is 0 Å². The average molecular weight is 325 g/mol. The second-order valence-electron chi connectivity index (χ2n) is 6.44. The molecule has 0 radical (unpaired) electrons. The van der Waals surface area contributed by atoms with E-state index in [4.69, 9.17) is 0 Å². The number of carbonyl (C=O) groups is 3. The van der Waals surface area contributed by atoms with Gasteiger partial charge in [0.15, 0.2) is 5.78 Å². The number of amides is 2. The molecule has 2 amide bonds. The lowest BCUT2D eigenvalue weighted by atomic mass is 9.66. The Bertz CT molecular complexity index is 808. The first-order valence-corrected chi connectivity index (χ1v) is 8.05. The number of carbonyl (C=O) groups excluding carboxylic acids is 3. The molecule has 0 aromatic heterocycles. The lowest BCUT2D eigenvalue weighted by Crippen LogP contribution is -2.53. The van der Waals surface area contributed by atoms with E-state index in [9.17, 15) is 14.4 Å². The van der Waals surface area contributed by atoms with E-state index in [0.29, 0.717) is 11.3 Å². The largest absolute Gasteiger partial charge is 0.404 e. The highest BCUT2D eigenvalue weighted by Crippen LogP contribution is 2.42. The minimum Gasteiger partial charge on any atom is -0.391 e. The molecule has 5 heteroatoms. The molecule has 24 heavy (non-hydrogen) atoms. The van der Waals surface area contributed by atoms with Gasteiger partial charge in [0.25, 0.3) is 0 Å². The Kier molecular flexibility index (Phi) is 3.95. The first kappa shape index (κ1) is 16.3. The molecule has 0 fully saturated rings. The van der Waals surface area contributed by atoms with Crippen LogP contribution in [0.2, 0.25) is 0 Å². The molecule has 0 spiro atoms. The zero-order valence-corrected chi connectivity index (χ0v) is 14.3. The highest BCUT2D eigenvalue weighted by atomic mass is 16.2. The second-order valence-corrected chi connectivity index (χ2v) is 6.44. The SMILES string of the molecule is CNC1=CC=C(C(C)=O)C2C3C=C(C)C=CC3=[N+](C(C)=O)C(=O)C12. The fourth-order valence-corrected chi connectivity index (χ4v) is 3.91. The summed E-state index contributed by atoms with van der Waals surface area (Å²) < 4.78 is 1.26. The zero-order valence-electron chi connectivity index (χ0n) is 14.3. The van der Waals surface area contributed by atoms with Crippen molar-refractivity contribution in [3.05, 3.63) is 47.2 Å². The Morgan fingerprint density at radius 3 is 2.46 bits per heavy atom. The summed E-state index contributed by atoms with van der Waals surface area (Å²) in [5.41, 5.74) is 3.09. The molecule has 1 N–H and O–H groups in total. The van der Waals surface area contributed by atoms with E-state index in [-0.39, 0.29) is 29.4 Å². The van der Waals surface area contributed by atoms with Gasteiger partial charge in [0, 0.05) is 30.3 Å². The minimum absolute atomic E-state index is 0.0413. The topological polar surface area (TPSA) is 66.2 Å². The molecule has 0 bridgehead atoms. The molecule has 0 saturated heterocycles. The third-order valence-electron chi connectivity index (χ3n) is 4.94. The number of hydrogen-bond acceptors (Lipinski definition) is 4. The quantitative estimate of drug-likeness (QED) is 0.782. The van der Waals surface area contributed by atoms with Crippen LogP contribution in [0.5, 0.6) is 0 Å². The van der Waals surface area contributed by atoms with Gasteiger partial charge < -0.3 is 5.32 Å². The van der Waals surface area contributed by atoms with E-state index < -0.39 is 5.92 Å². The molecule has 1 heterocycles. The van der Waals surface area contributed by atoms with Crippen LogP contribution in [0.3, 0.4) is 0 Å². The van der Waals surface area contributed by atoms with Gasteiger partial charge >= 0.3 is 11.8 Å². The van der Waals surface area contributed by atoms with Crippen LogP contribution in [0.15, 0.2) is 47.2 Å². The smallest absolute Gasteiger partial charge is 0.391 e. The summed E-state index contributed by atoms with van der Waals surface area (Å²) in [6.45, 7) is 4.90. The number of Topliss-reactive ketones (excluding diaryl/α,β-unsaturated/α-hetero) is 1. The molecule has 3 rings (SSSR count). The highest BCUT2D eigenvalue weighted by Gasteiger charge is 2.54. The summed E-state index contributed by atoms with van der Waals surface area (Å²) in [7, 11) is 1.75. The molecule has 1 aliphatic heterocycles. The van der Waals surface area contributed by atoms with E-state index in [1.807, 2.05) is 25.2 Å². The monoisotopic (exact) mass is 325 g/mol.